The third-order valence-corrected chi connectivity index (χ3v) is 4.33. The molecule has 1 N–H and O–H groups in total. The van der Waals surface area contributed by atoms with Gasteiger partial charge in [0.1, 0.15) is 12.1 Å². The fraction of sp³-hybridized carbons (Fsp3) is 0.105. The second kappa shape index (κ2) is 9.06. The number of hydrogen-bond donors (Lipinski definition) is 1. The van der Waals surface area contributed by atoms with Gasteiger partial charge >= 0.3 is 23.7 Å². The standard InChI is InChI=1S/C19H12ClF3N4O5/c1-31-18(28)10-2-5-12(6-3-10)32-17-15(27(29)30)16(24-9-25-17)26-11-4-7-14(20)13(8-11)19(21,22)23/h2-9H,1H3,(H,24,25,26). The number of hydrogen-bond acceptors (Lipinski definition) is 8. The highest BCUT2D eigenvalue weighted by molar-refractivity contribution is 6.31. The molecular formula is C19H12ClF3N4O5. The SMILES string of the molecule is COC(=O)c1ccc(Oc2ncnc(Nc3ccc(Cl)c(C(F)(F)F)c3)c2[N+](=O)[O-])cc1. The predicted molar refractivity (Wildman–Crippen MR) is 106 cm³/mol. The Balaban J connectivity index is 1.94. The molecule has 13 heteroatoms. The van der Waals surface area contributed by atoms with Gasteiger partial charge in [-0.2, -0.15) is 18.2 Å². The van der Waals surface area contributed by atoms with Crippen LogP contribution in [0.1, 0.15) is 15.9 Å². The minimum atomic E-state index is -4.73. The number of esters is 1. The van der Waals surface area contributed by atoms with Crippen LogP contribution >= 0.6 is 11.6 Å². The molecule has 0 unspecified atom stereocenters. The second-order valence-corrected chi connectivity index (χ2v) is 6.48. The number of alkyl halides is 3. The number of anilines is 2. The first-order chi connectivity index (χ1) is 15.1. The van der Waals surface area contributed by atoms with E-state index >= 15 is 0 Å². The summed E-state index contributed by atoms with van der Waals surface area (Å²) >= 11 is 5.59. The lowest BCUT2D eigenvalue weighted by Crippen LogP contribution is -2.08. The Bertz CT molecular complexity index is 1170. The summed E-state index contributed by atoms with van der Waals surface area (Å²) in [6, 6.07) is 8.37. The monoisotopic (exact) mass is 468 g/mol. The van der Waals surface area contributed by atoms with E-state index in [-0.39, 0.29) is 17.0 Å². The first kappa shape index (κ1) is 22.7. The summed E-state index contributed by atoms with van der Waals surface area (Å²) in [6.45, 7) is 0. The molecule has 0 saturated heterocycles. The summed E-state index contributed by atoms with van der Waals surface area (Å²) in [5.41, 5.74) is -1.75. The number of halogens is 4. The van der Waals surface area contributed by atoms with Crippen LogP contribution in [0.25, 0.3) is 0 Å². The number of nitrogens with zero attached hydrogens (tertiary/aromatic N) is 3. The summed E-state index contributed by atoms with van der Waals surface area (Å²) in [6.07, 6.45) is -3.79. The van der Waals surface area contributed by atoms with E-state index in [2.05, 4.69) is 20.0 Å². The van der Waals surface area contributed by atoms with Gasteiger partial charge in [0.2, 0.25) is 5.82 Å². The van der Waals surface area contributed by atoms with Gasteiger partial charge in [-0.3, -0.25) is 10.1 Å². The number of nitro groups is 1. The number of ether oxygens (including phenoxy) is 2. The normalized spacial score (nSPS) is 11.0. The van der Waals surface area contributed by atoms with Crippen molar-refractivity contribution in [1.82, 2.24) is 9.97 Å². The Hall–Kier alpha value is -3.93. The lowest BCUT2D eigenvalue weighted by Gasteiger charge is -2.13. The molecule has 0 saturated carbocycles. The zero-order chi connectivity index (χ0) is 23.5. The Kier molecular flexibility index (Phi) is 6.44. The van der Waals surface area contributed by atoms with Crippen LogP contribution in [0.5, 0.6) is 11.6 Å². The quantitative estimate of drug-likeness (QED) is 0.291. The largest absolute Gasteiger partial charge is 0.465 e. The van der Waals surface area contributed by atoms with E-state index in [0.717, 1.165) is 12.4 Å². The first-order valence-electron chi connectivity index (χ1n) is 8.59. The highest BCUT2D eigenvalue weighted by Crippen LogP contribution is 2.39. The smallest absolute Gasteiger partial charge is 0.417 e. The molecule has 0 amide bonds. The molecule has 0 atom stereocenters. The van der Waals surface area contributed by atoms with Crippen molar-refractivity contribution in [1.29, 1.82) is 0 Å². The van der Waals surface area contributed by atoms with Crippen molar-refractivity contribution >= 4 is 34.8 Å². The van der Waals surface area contributed by atoms with Crippen LogP contribution in [0.3, 0.4) is 0 Å². The zero-order valence-electron chi connectivity index (χ0n) is 16.0. The van der Waals surface area contributed by atoms with Crippen molar-refractivity contribution in [3.8, 4) is 11.6 Å². The molecule has 1 heterocycles. The molecule has 166 valence electrons. The topological polar surface area (TPSA) is 116 Å². The molecular weight excluding hydrogens is 457 g/mol. The van der Waals surface area contributed by atoms with Crippen LogP contribution in [-0.4, -0.2) is 28.0 Å². The summed E-state index contributed by atoms with van der Waals surface area (Å²) in [5.74, 6) is -1.35. The summed E-state index contributed by atoms with van der Waals surface area (Å²) in [5, 5.41) is 13.6. The van der Waals surface area contributed by atoms with E-state index in [9.17, 15) is 28.1 Å². The maximum Gasteiger partial charge on any atom is 0.417 e. The summed E-state index contributed by atoms with van der Waals surface area (Å²) in [4.78, 5) is 29.7. The van der Waals surface area contributed by atoms with Crippen LogP contribution in [-0.2, 0) is 10.9 Å². The van der Waals surface area contributed by atoms with Gasteiger partial charge in [-0.25, -0.2) is 9.78 Å². The molecule has 0 bridgehead atoms. The van der Waals surface area contributed by atoms with E-state index < -0.39 is 45.0 Å². The molecule has 0 spiro atoms. The molecule has 9 nitrogen and oxygen atoms in total. The molecule has 2 aromatic carbocycles. The van der Waals surface area contributed by atoms with Crippen molar-refractivity contribution < 1.29 is 32.4 Å². The number of benzene rings is 2. The van der Waals surface area contributed by atoms with E-state index in [4.69, 9.17) is 16.3 Å². The zero-order valence-corrected chi connectivity index (χ0v) is 16.8. The van der Waals surface area contributed by atoms with Crippen molar-refractivity contribution in [2.45, 2.75) is 6.18 Å². The van der Waals surface area contributed by atoms with Gasteiger partial charge in [0.25, 0.3) is 0 Å². The third kappa shape index (κ3) is 5.03. The third-order valence-electron chi connectivity index (χ3n) is 4.00. The lowest BCUT2D eigenvalue weighted by atomic mass is 10.2. The van der Waals surface area contributed by atoms with Gasteiger partial charge in [0.15, 0.2) is 0 Å². The van der Waals surface area contributed by atoms with E-state index in [1.807, 2.05) is 0 Å². The summed E-state index contributed by atoms with van der Waals surface area (Å²) in [7, 11) is 1.21. The number of methoxy groups -OCH3 is 1. The van der Waals surface area contributed by atoms with Crippen LogP contribution in [0.15, 0.2) is 48.8 Å². The van der Waals surface area contributed by atoms with Gasteiger partial charge in [0.05, 0.1) is 28.2 Å². The minimum Gasteiger partial charge on any atom is -0.465 e. The van der Waals surface area contributed by atoms with Crippen molar-refractivity contribution in [3.05, 3.63) is 75.1 Å². The van der Waals surface area contributed by atoms with Gasteiger partial charge in [-0.15, -0.1) is 0 Å². The average molecular weight is 469 g/mol. The van der Waals surface area contributed by atoms with Gasteiger partial charge < -0.3 is 14.8 Å². The fourth-order valence-corrected chi connectivity index (χ4v) is 2.76. The Morgan fingerprint density at radius 3 is 2.44 bits per heavy atom. The average Bonchev–Trinajstić information content (AvgIpc) is 2.74. The number of carbonyl (C=O) groups is 1. The number of nitrogens with one attached hydrogen (secondary N) is 1. The van der Waals surface area contributed by atoms with Crippen molar-refractivity contribution in [2.24, 2.45) is 0 Å². The van der Waals surface area contributed by atoms with Gasteiger partial charge in [-0.1, -0.05) is 11.6 Å². The first-order valence-corrected chi connectivity index (χ1v) is 8.97. The number of aromatic nitrogens is 2. The van der Waals surface area contributed by atoms with Gasteiger partial charge in [0, 0.05) is 5.69 Å². The van der Waals surface area contributed by atoms with Crippen molar-refractivity contribution in [2.75, 3.05) is 12.4 Å². The Morgan fingerprint density at radius 1 is 1.16 bits per heavy atom. The molecule has 0 aliphatic rings. The lowest BCUT2D eigenvalue weighted by molar-refractivity contribution is -0.385. The van der Waals surface area contributed by atoms with Crippen LogP contribution in [0, 0.1) is 10.1 Å². The maximum absolute atomic E-state index is 13.1. The number of rotatable bonds is 6. The molecule has 0 radical (unpaired) electrons. The molecule has 32 heavy (non-hydrogen) atoms. The number of carbonyl (C=O) groups excluding carboxylic acids is 1. The Morgan fingerprint density at radius 2 is 1.84 bits per heavy atom. The van der Waals surface area contributed by atoms with E-state index in [1.165, 1.54) is 37.4 Å². The van der Waals surface area contributed by atoms with Crippen LogP contribution in [0.2, 0.25) is 5.02 Å². The second-order valence-electron chi connectivity index (χ2n) is 6.07. The van der Waals surface area contributed by atoms with E-state index in [1.54, 1.807) is 0 Å². The highest BCUT2D eigenvalue weighted by Gasteiger charge is 2.34. The minimum absolute atomic E-state index is 0.108. The fourth-order valence-electron chi connectivity index (χ4n) is 2.54. The van der Waals surface area contributed by atoms with E-state index in [0.29, 0.717) is 6.07 Å². The van der Waals surface area contributed by atoms with Crippen LogP contribution < -0.4 is 10.1 Å². The molecule has 3 rings (SSSR count). The maximum atomic E-state index is 13.1. The van der Waals surface area contributed by atoms with Gasteiger partial charge in [-0.05, 0) is 42.5 Å². The molecule has 3 aromatic rings. The van der Waals surface area contributed by atoms with Crippen molar-refractivity contribution in [3.63, 3.8) is 0 Å². The molecule has 1 aromatic heterocycles. The predicted octanol–water partition coefficient (Wildman–Crippen LogP) is 5.38. The highest BCUT2D eigenvalue weighted by atomic mass is 35.5. The summed E-state index contributed by atoms with van der Waals surface area (Å²) < 4.78 is 49.3. The molecule has 0 aliphatic carbocycles. The molecule has 0 aliphatic heterocycles. The van der Waals surface area contributed by atoms with Crippen LogP contribution in [0.4, 0.5) is 30.4 Å². The molecule has 0 fully saturated rings. The Labute approximate surface area is 182 Å².